The fraction of sp³-hybridized carbons (Fsp3) is 0.714. The molecule has 5 heteroatoms. The first kappa shape index (κ1) is 15.5. The SMILES string of the molecule is CC(C)(C)OC(=O)N1CCC(C/C=C/C(N)=O)CC1. The van der Waals surface area contributed by atoms with Crippen LogP contribution >= 0.6 is 0 Å². The summed E-state index contributed by atoms with van der Waals surface area (Å²) in [5.41, 5.74) is 4.59. The first-order valence-corrected chi connectivity index (χ1v) is 6.72. The second kappa shape index (κ2) is 6.59. The maximum absolute atomic E-state index is 11.9. The normalized spacial score (nSPS) is 17.7. The number of primary amides is 1. The van der Waals surface area contributed by atoms with E-state index in [1.807, 2.05) is 26.8 Å². The largest absolute Gasteiger partial charge is 0.444 e. The number of piperidine rings is 1. The van der Waals surface area contributed by atoms with Gasteiger partial charge in [-0.15, -0.1) is 0 Å². The van der Waals surface area contributed by atoms with Gasteiger partial charge in [-0.25, -0.2) is 4.79 Å². The molecule has 1 fully saturated rings. The zero-order valence-corrected chi connectivity index (χ0v) is 12.0. The summed E-state index contributed by atoms with van der Waals surface area (Å²) in [5.74, 6) is 0.0977. The second-order valence-corrected chi connectivity index (χ2v) is 5.95. The molecule has 1 aliphatic rings. The maximum Gasteiger partial charge on any atom is 0.410 e. The number of carbonyl (C=O) groups excluding carboxylic acids is 2. The Kier molecular flexibility index (Phi) is 5.39. The maximum atomic E-state index is 11.9. The van der Waals surface area contributed by atoms with Crippen molar-refractivity contribution in [3.05, 3.63) is 12.2 Å². The summed E-state index contributed by atoms with van der Waals surface area (Å²) in [7, 11) is 0. The van der Waals surface area contributed by atoms with Crippen molar-refractivity contribution in [3.8, 4) is 0 Å². The van der Waals surface area contributed by atoms with E-state index in [4.69, 9.17) is 10.5 Å². The van der Waals surface area contributed by atoms with Gasteiger partial charge in [-0.05, 0) is 52.0 Å². The third-order valence-electron chi connectivity index (χ3n) is 3.02. The number of carbonyl (C=O) groups is 2. The minimum Gasteiger partial charge on any atom is -0.444 e. The molecule has 0 radical (unpaired) electrons. The molecule has 0 aliphatic carbocycles. The first-order chi connectivity index (χ1) is 8.78. The van der Waals surface area contributed by atoms with Crippen molar-refractivity contribution in [1.29, 1.82) is 0 Å². The van der Waals surface area contributed by atoms with Crippen LogP contribution < -0.4 is 5.73 Å². The van der Waals surface area contributed by atoms with Crippen LogP contribution in [0.25, 0.3) is 0 Å². The molecule has 0 aromatic carbocycles. The van der Waals surface area contributed by atoms with Crippen molar-refractivity contribution in [2.24, 2.45) is 11.7 Å². The molecular formula is C14H24N2O3. The van der Waals surface area contributed by atoms with Crippen LogP contribution in [0.15, 0.2) is 12.2 Å². The van der Waals surface area contributed by atoms with Crippen molar-refractivity contribution in [2.75, 3.05) is 13.1 Å². The van der Waals surface area contributed by atoms with E-state index in [-0.39, 0.29) is 6.09 Å². The molecule has 0 bridgehead atoms. The minimum atomic E-state index is -0.446. The van der Waals surface area contributed by atoms with Gasteiger partial charge >= 0.3 is 6.09 Å². The molecule has 0 saturated carbocycles. The van der Waals surface area contributed by atoms with E-state index < -0.39 is 11.5 Å². The van der Waals surface area contributed by atoms with Crippen LogP contribution in [0.2, 0.25) is 0 Å². The van der Waals surface area contributed by atoms with E-state index in [1.165, 1.54) is 6.08 Å². The molecule has 1 saturated heterocycles. The Hall–Kier alpha value is -1.52. The minimum absolute atomic E-state index is 0.237. The standard InChI is InChI=1S/C14H24N2O3/c1-14(2,3)19-13(18)16-9-7-11(8-10-16)5-4-6-12(15)17/h4,6,11H,5,7-10H2,1-3H3,(H2,15,17)/b6-4+. The van der Waals surface area contributed by atoms with Crippen molar-refractivity contribution in [3.63, 3.8) is 0 Å². The second-order valence-electron chi connectivity index (χ2n) is 5.95. The van der Waals surface area contributed by atoms with Crippen molar-refractivity contribution < 1.29 is 14.3 Å². The summed E-state index contributed by atoms with van der Waals surface area (Å²) >= 11 is 0. The molecule has 2 amide bonds. The average molecular weight is 268 g/mol. The van der Waals surface area contributed by atoms with E-state index in [0.29, 0.717) is 19.0 Å². The Labute approximate surface area is 114 Å². The Bertz CT molecular complexity index is 350. The van der Waals surface area contributed by atoms with Gasteiger partial charge in [-0.1, -0.05) is 6.08 Å². The highest BCUT2D eigenvalue weighted by atomic mass is 16.6. The predicted octanol–water partition coefficient (Wildman–Crippen LogP) is 2.07. The zero-order valence-electron chi connectivity index (χ0n) is 12.0. The number of amides is 2. The Balaban J connectivity index is 2.32. The lowest BCUT2D eigenvalue weighted by atomic mass is 9.93. The molecule has 1 rings (SSSR count). The zero-order chi connectivity index (χ0) is 14.5. The van der Waals surface area contributed by atoms with Gasteiger partial charge in [-0.2, -0.15) is 0 Å². The molecule has 0 aromatic heterocycles. The summed E-state index contributed by atoms with van der Waals surface area (Å²) in [6.07, 6.45) is 5.69. The first-order valence-electron chi connectivity index (χ1n) is 6.72. The van der Waals surface area contributed by atoms with Crippen LogP contribution in [-0.2, 0) is 9.53 Å². The summed E-state index contributed by atoms with van der Waals surface area (Å²) < 4.78 is 5.34. The summed E-state index contributed by atoms with van der Waals surface area (Å²) in [6, 6.07) is 0. The van der Waals surface area contributed by atoms with Gasteiger partial charge in [-0.3, -0.25) is 4.79 Å². The van der Waals surface area contributed by atoms with E-state index in [1.54, 1.807) is 4.90 Å². The Morgan fingerprint density at radius 2 is 1.89 bits per heavy atom. The molecule has 0 aromatic rings. The molecule has 108 valence electrons. The highest BCUT2D eigenvalue weighted by Crippen LogP contribution is 2.22. The lowest BCUT2D eigenvalue weighted by molar-refractivity contribution is -0.113. The summed E-state index contributed by atoms with van der Waals surface area (Å²) in [6.45, 7) is 7.03. The monoisotopic (exact) mass is 268 g/mol. The van der Waals surface area contributed by atoms with Crippen molar-refractivity contribution >= 4 is 12.0 Å². The number of ether oxygens (including phenoxy) is 1. The number of hydrogen-bond acceptors (Lipinski definition) is 3. The highest BCUT2D eigenvalue weighted by molar-refractivity contribution is 5.85. The predicted molar refractivity (Wildman–Crippen MR) is 73.5 cm³/mol. The van der Waals surface area contributed by atoms with Crippen LogP contribution in [0.1, 0.15) is 40.0 Å². The van der Waals surface area contributed by atoms with Crippen LogP contribution in [-0.4, -0.2) is 35.6 Å². The highest BCUT2D eigenvalue weighted by Gasteiger charge is 2.26. The van der Waals surface area contributed by atoms with Gasteiger partial charge in [0.15, 0.2) is 0 Å². The van der Waals surface area contributed by atoms with Gasteiger partial charge in [0.05, 0.1) is 0 Å². The molecular weight excluding hydrogens is 244 g/mol. The van der Waals surface area contributed by atoms with E-state index in [9.17, 15) is 9.59 Å². The van der Waals surface area contributed by atoms with Crippen molar-refractivity contribution in [1.82, 2.24) is 4.90 Å². The van der Waals surface area contributed by atoms with E-state index in [0.717, 1.165) is 19.3 Å². The smallest absolute Gasteiger partial charge is 0.410 e. The Morgan fingerprint density at radius 1 is 1.32 bits per heavy atom. The van der Waals surface area contributed by atoms with Gasteiger partial charge in [0.1, 0.15) is 5.60 Å². The van der Waals surface area contributed by atoms with Crippen LogP contribution in [0.4, 0.5) is 4.79 Å². The number of allylic oxidation sites excluding steroid dienone is 1. The van der Waals surface area contributed by atoms with Gasteiger partial charge < -0.3 is 15.4 Å². The number of nitrogens with zero attached hydrogens (tertiary/aromatic N) is 1. The molecule has 1 heterocycles. The number of hydrogen-bond donors (Lipinski definition) is 1. The third-order valence-corrected chi connectivity index (χ3v) is 3.02. The topological polar surface area (TPSA) is 72.6 Å². The van der Waals surface area contributed by atoms with Crippen LogP contribution in [0.3, 0.4) is 0 Å². The van der Waals surface area contributed by atoms with Crippen molar-refractivity contribution in [2.45, 2.75) is 45.6 Å². The molecule has 0 atom stereocenters. The molecule has 0 spiro atoms. The van der Waals surface area contributed by atoms with E-state index >= 15 is 0 Å². The van der Waals surface area contributed by atoms with E-state index in [2.05, 4.69) is 0 Å². The average Bonchev–Trinajstić information content (AvgIpc) is 2.27. The lowest BCUT2D eigenvalue weighted by Crippen LogP contribution is -2.41. The summed E-state index contributed by atoms with van der Waals surface area (Å²) in [5, 5.41) is 0. The molecule has 1 aliphatic heterocycles. The van der Waals surface area contributed by atoms with Gasteiger partial charge in [0.2, 0.25) is 5.91 Å². The summed E-state index contributed by atoms with van der Waals surface area (Å²) in [4.78, 5) is 24.2. The fourth-order valence-electron chi connectivity index (χ4n) is 2.05. The number of likely N-dealkylation sites (tertiary alicyclic amines) is 1. The third kappa shape index (κ3) is 6.27. The van der Waals surface area contributed by atoms with Gasteiger partial charge in [0.25, 0.3) is 0 Å². The molecule has 5 nitrogen and oxygen atoms in total. The quantitative estimate of drug-likeness (QED) is 0.796. The van der Waals surface area contributed by atoms with Gasteiger partial charge in [0, 0.05) is 13.1 Å². The molecule has 19 heavy (non-hydrogen) atoms. The lowest BCUT2D eigenvalue weighted by Gasteiger charge is -2.33. The Morgan fingerprint density at radius 3 is 2.37 bits per heavy atom. The molecule has 0 unspecified atom stereocenters. The van der Waals surface area contributed by atoms with Crippen LogP contribution in [0.5, 0.6) is 0 Å². The number of rotatable bonds is 3. The number of nitrogens with two attached hydrogens (primary N) is 1. The molecule has 2 N–H and O–H groups in total. The fourth-order valence-corrected chi connectivity index (χ4v) is 2.05. The van der Waals surface area contributed by atoms with Crippen LogP contribution in [0, 0.1) is 5.92 Å².